The summed E-state index contributed by atoms with van der Waals surface area (Å²) in [6.07, 6.45) is 5.31. The van der Waals surface area contributed by atoms with Gasteiger partial charge in [-0.15, -0.1) is 11.3 Å². The van der Waals surface area contributed by atoms with Crippen molar-refractivity contribution < 1.29 is 31.3 Å². The third kappa shape index (κ3) is 11.4. The Balaban J connectivity index is 1.40. The number of aryl methyl sites for hydroxylation is 1. The van der Waals surface area contributed by atoms with Crippen LogP contribution in [0.1, 0.15) is 57.8 Å². The predicted octanol–water partition coefficient (Wildman–Crippen LogP) is 8.01. The summed E-state index contributed by atoms with van der Waals surface area (Å²) in [7, 11) is -4.70. The van der Waals surface area contributed by atoms with Gasteiger partial charge in [-0.25, -0.2) is 19.7 Å². The van der Waals surface area contributed by atoms with Gasteiger partial charge < -0.3 is 13.9 Å². The van der Waals surface area contributed by atoms with Crippen molar-refractivity contribution in [1.29, 1.82) is 0 Å². The van der Waals surface area contributed by atoms with E-state index in [1.165, 1.54) is 40.8 Å². The van der Waals surface area contributed by atoms with Gasteiger partial charge in [-0.3, -0.25) is 9.08 Å². The van der Waals surface area contributed by atoms with Gasteiger partial charge in [0.2, 0.25) is 0 Å². The first kappa shape index (κ1) is 39.6. The monoisotopic (exact) mass is 750 g/mol. The van der Waals surface area contributed by atoms with E-state index in [0.717, 1.165) is 20.8 Å². The fourth-order valence-corrected chi connectivity index (χ4v) is 7.29. The summed E-state index contributed by atoms with van der Waals surface area (Å²) in [5, 5.41) is 0.653. The van der Waals surface area contributed by atoms with E-state index < -0.39 is 36.2 Å². The maximum atomic E-state index is 12.9. The highest BCUT2D eigenvalue weighted by molar-refractivity contribution is 7.86. The number of nitrogens with zero attached hydrogens (tertiary/aromatic N) is 4. The molecule has 2 heterocycles. The van der Waals surface area contributed by atoms with Gasteiger partial charge in [-0.05, 0) is 94.2 Å². The molecule has 0 spiro atoms. The van der Waals surface area contributed by atoms with Crippen LogP contribution in [0.2, 0.25) is 18.1 Å². The number of anilines is 1. The Kier molecular flexibility index (Phi) is 12.5. The molecule has 51 heavy (non-hydrogen) atoms. The number of aromatic nitrogens is 3. The van der Waals surface area contributed by atoms with E-state index in [1.54, 1.807) is 46.0 Å². The number of allylic oxidation sites excluding steroid dienone is 1. The van der Waals surface area contributed by atoms with Gasteiger partial charge in [0.05, 0.1) is 34.1 Å². The number of amides is 1. The smallest absolute Gasteiger partial charge is 0.415 e. The average Bonchev–Trinajstić information content (AvgIpc) is 3.45. The van der Waals surface area contributed by atoms with Crippen LogP contribution in [0.25, 0.3) is 16.3 Å². The number of rotatable bonds is 11. The minimum Gasteiger partial charge on any atom is -0.491 e. The zero-order valence-corrected chi connectivity index (χ0v) is 33.4. The molecule has 0 fully saturated rings. The molecule has 14 heteroatoms. The molecule has 272 valence electrons. The van der Waals surface area contributed by atoms with E-state index in [9.17, 15) is 13.2 Å². The van der Waals surface area contributed by atoms with Gasteiger partial charge in [0.25, 0.3) is 10.1 Å². The molecule has 0 aliphatic heterocycles. The molecule has 1 amide bonds. The zero-order chi connectivity index (χ0) is 37.6. The standard InChI is InChI=1S/C37H46N4O7S2Si/c1-26-15-18-30(19-16-26)50(43,44)46-25-29(48-51(9,10)37(5,6)7)24-45-28-17-20-31-32(21-28)49-34(40-31)14-12-11-13-27-22-39-33(23-38-27)41(8)35(42)47-36(2,3)4/h12,14-23,29H,24-25H2,1-10H3/b14-12+. The number of hydrogen-bond donors (Lipinski definition) is 0. The molecule has 0 aliphatic carbocycles. The van der Waals surface area contributed by atoms with E-state index in [1.807, 2.05) is 31.2 Å². The molecule has 0 aliphatic rings. The van der Waals surface area contributed by atoms with Crippen LogP contribution in [-0.4, -0.2) is 69.7 Å². The number of fused-ring (bicyclic) bond motifs is 1. The summed E-state index contributed by atoms with van der Waals surface area (Å²) < 4.78 is 50.4. The van der Waals surface area contributed by atoms with Crippen molar-refractivity contribution in [2.75, 3.05) is 25.2 Å². The second-order valence-electron chi connectivity index (χ2n) is 14.4. The molecule has 2 aromatic carbocycles. The van der Waals surface area contributed by atoms with Crippen LogP contribution < -0.4 is 9.64 Å². The SMILES string of the molecule is Cc1ccc(S(=O)(=O)OCC(COc2ccc3nc(/C=C/C#Cc4cnc(N(C)C(=O)OC(C)(C)C)cn4)sc3c2)O[Si](C)(C)C(C)(C)C)cc1. The van der Waals surface area contributed by atoms with Crippen LogP contribution in [0, 0.1) is 18.8 Å². The number of benzene rings is 2. The molecular weight excluding hydrogens is 705 g/mol. The summed E-state index contributed by atoms with van der Waals surface area (Å²) in [6, 6.07) is 12.1. The molecule has 4 aromatic rings. The van der Waals surface area contributed by atoms with E-state index in [0.29, 0.717) is 17.3 Å². The zero-order valence-electron chi connectivity index (χ0n) is 30.8. The Labute approximate surface area is 306 Å². The molecule has 4 rings (SSSR count). The first-order valence-electron chi connectivity index (χ1n) is 16.4. The highest BCUT2D eigenvalue weighted by atomic mass is 32.2. The lowest BCUT2D eigenvalue weighted by Gasteiger charge is -2.39. The largest absolute Gasteiger partial charge is 0.491 e. The maximum absolute atomic E-state index is 12.9. The van der Waals surface area contributed by atoms with Gasteiger partial charge in [-0.1, -0.05) is 44.4 Å². The fourth-order valence-electron chi connectivity index (χ4n) is 4.13. The van der Waals surface area contributed by atoms with Gasteiger partial charge in [0.15, 0.2) is 14.1 Å². The summed E-state index contributed by atoms with van der Waals surface area (Å²) in [4.78, 5) is 26.9. The molecule has 11 nitrogen and oxygen atoms in total. The van der Waals surface area contributed by atoms with E-state index in [-0.39, 0.29) is 23.1 Å². The van der Waals surface area contributed by atoms with Crippen LogP contribution in [0.15, 0.2) is 65.8 Å². The summed E-state index contributed by atoms with van der Waals surface area (Å²) in [5.41, 5.74) is 1.59. The first-order valence-corrected chi connectivity index (χ1v) is 21.5. The van der Waals surface area contributed by atoms with E-state index in [4.69, 9.17) is 18.1 Å². The summed E-state index contributed by atoms with van der Waals surface area (Å²) in [6.45, 7) is 17.8. The third-order valence-corrected chi connectivity index (χ3v) is 14.8. The normalized spacial score (nSPS) is 13.1. The summed E-state index contributed by atoms with van der Waals surface area (Å²) in [5.74, 6) is 6.82. The Morgan fingerprint density at radius 3 is 2.35 bits per heavy atom. The molecule has 0 saturated carbocycles. The van der Waals surface area contributed by atoms with Crippen molar-refractivity contribution in [2.24, 2.45) is 0 Å². The highest BCUT2D eigenvalue weighted by Gasteiger charge is 2.40. The molecule has 1 atom stereocenters. The van der Waals surface area contributed by atoms with E-state index in [2.05, 4.69) is 60.7 Å². The number of carbonyl (C=O) groups is 1. The van der Waals surface area contributed by atoms with Crippen molar-refractivity contribution in [3.05, 3.63) is 77.2 Å². The Morgan fingerprint density at radius 1 is 1.02 bits per heavy atom. The van der Waals surface area contributed by atoms with Crippen molar-refractivity contribution in [3.63, 3.8) is 0 Å². The minimum absolute atomic E-state index is 0.0964. The predicted molar refractivity (Wildman–Crippen MR) is 204 cm³/mol. The first-order chi connectivity index (χ1) is 23.7. The van der Waals surface area contributed by atoms with Crippen LogP contribution in [0.5, 0.6) is 5.75 Å². The van der Waals surface area contributed by atoms with Crippen LogP contribution >= 0.6 is 11.3 Å². The van der Waals surface area contributed by atoms with Crippen molar-refractivity contribution >= 4 is 58.0 Å². The molecule has 0 bridgehead atoms. The molecule has 1 unspecified atom stereocenters. The van der Waals surface area contributed by atoms with Crippen molar-refractivity contribution in [1.82, 2.24) is 15.0 Å². The Bertz CT molecular complexity index is 2020. The van der Waals surface area contributed by atoms with Gasteiger partial charge >= 0.3 is 6.09 Å². The Morgan fingerprint density at radius 2 is 1.73 bits per heavy atom. The number of carbonyl (C=O) groups excluding carboxylic acids is 1. The fraction of sp³-hybridized carbons (Fsp3) is 0.405. The van der Waals surface area contributed by atoms with Gasteiger partial charge in [-0.2, -0.15) is 8.42 Å². The van der Waals surface area contributed by atoms with Crippen LogP contribution in [-0.2, 0) is 23.5 Å². The maximum Gasteiger partial charge on any atom is 0.415 e. The lowest BCUT2D eigenvalue weighted by Crippen LogP contribution is -2.46. The lowest BCUT2D eigenvalue weighted by atomic mass is 10.2. The Hall–Kier alpha value is -4.13. The molecule has 0 saturated heterocycles. The molecule has 0 N–H and O–H groups in total. The van der Waals surface area contributed by atoms with E-state index >= 15 is 0 Å². The average molecular weight is 751 g/mol. The lowest BCUT2D eigenvalue weighted by molar-refractivity contribution is 0.0588. The number of ether oxygens (including phenoxy) is 2. The second-order valence-corrected chi connectivity index (χ2v) is 21.9. The van der Waals surface area contributed by atoms with Crippen molar-refractivity contribution in [3.8, 4) is 17.6 Å². The molecule has 2 aromatic heterocycles. The van der Waals surface area contributed by atoms with Gasteiger partial charge in [0, 0.05) is 7.05 Å². The van der Waals surface area contributed by atoms with Crippen molar-refractivity contribution in [2.45, 2.75) is 83.2 Å². The third-order valence-electron chi connectivity index (χ3n) is 7.96. The molecular formula is C37H46N4O7S2Si. The second kappa shape index (κ2) is 16.0. The minimum atomic E-state index is -3.98. The summed E-state index contributed by atoms with van der Waals surface area (Å²) >= 11 is 1.48. The number of thiazole rings is 1. The topological polar surface area (TPSA) is 130 Å². The molecule has 0 radical (unpaired) electrons. The van der Waals surface area contributed by atoms with Gasteiger partial charge in [0.1, 0.15) is 34.8 Å². The van der Waals surface area contributed by atoms with Crippen LogP contribution in [0.4, 0.5) is 10.6 Å². The number of hydrogen-bond acceptors (Lipinski definition) is 11. The quantitative estimate of drug-likeness (QED) is 0.0845. The highest BCUT2D eigenvalue weighted by Crippen LogP contribution is 2.37. The van der Waals surface area contributed by atoms with Crippen LogP contribution in [0.3, 0.4) is 0 Å².